The Labute approximate surface area is 140 Å². The minimum Gasteiger partial charge on any atom is -0.343 e. The molecule has 7 heteroatoms. The third-order valence-electron chi connectivity index (χ3n) is 5.30. The summed E-state index contributed by atoms with van der Waals surface area (Å²) in [6, 6.07) is 1.83. The topological polar surface area (TPSA) is 87.9 Å². The van der Waals surface area contributed by atoms with Crippen molar-refractivity contribution in [1.29, 1.82) is 0 Å². The number of aromatic amines is 1. The smallest absolute Gasteiger partial charge is 0.274 e. The number of nitrogens with one attached hydrogen (secondary N) is 1. The van der Waals surface area contributed by atoms with Gasteiger partial charge in [-0.05, 0) is 38.2 Å². The fourth-order valence-corrected chi connectivity index (χ4v) is 3.98. The van der Waals surface area contributed by atoms with Gasteiger partial charge in [-0.2, -0.15) is 10.1 Å². The van der Waals surface area contributed by atoms with Crippen molar-refractivity contribution in [3.8, 4) is 0 Å². The summed E-state index contributed by atoms with van der Waals surface area (Å²) in [5.74, 6) is 1.07. The van der Waals surface area contributed by atoms with E-state index in [1.807, 2.05) is 11.0 Å². The molecule has 128 valence electrons. The van der Waals surface area contributed by atoms with Gasteiger partial charge in [0.2, 0.25) is 6.39 Å². The van der Waals surface area contributed by atoms with Crippen molar-refractivity contribution in [2.45, 2.75) is 63.3 Å². The molecular formula is C17H23N5O2. The summed E-state index contributed by atoms with van der Waals surface area (Å²) in [6.45, 7) is 0.712. The zero-order valence-electron chi connectivity index (χ0n) is 13.8. The number of nitrogens with zero attached hydrogens (tertiary/aromatic N) is 4. The van der Waals surface area contributed by atoms with E-state index in [4.69, 9.17) is 4.52 Å². The Hall–Kier alpha value is -2.18. The van der Waals surface area contributed by atoms with Crippen LogP contribution in [0.15, 0.2) is 17.0 Å². The lowest BCUT2D eigenvalue weighted by Crippen LogP contribution is -2.39. The average Bonchev–Trinajstić information content (AvgIpc) is 3.34. The summed E-state index contributed by atoms with van der Waals surface area (Å²) in [7, 11) is 0. The van der Waals surface area contributed by atoms with Crippen LogP contribution in [0.3, 0.4) is 0 Å². The first-order chi connectivity index (χ1) is 11.8. The molecule has 1 N–H and O–H groups in total. The summed E-state index contributed by atoms with van der Waals surface area (Å²) < 4.78 is 4.86. The van der Waals surface area contributed by atoms with Gasteiger partial charge >= 0.3 is 0 Å². The maximum atomic E-state index is 13.0. The van der Waals surface area contributed by atoms with E-state index in [0.717, 1.165) is 25.0 Å². The Morgan fingerprint density at radius 3 is 2.79 bits per heavy atom. The molecule has 0 spiro atoms. The number of aromatic nitrogens is 4. The first-order valence-electron chi connectivity index (χ1n) is 8.95. The predicted octanol–water partition coefficient (Wildman–Crippen LogP) is 3.21. The second-order valence-corrected chi connectivity index (χ2v) is 6.84. The van der Waals surface area contributed by atoms with Crippen molar-refractivity contribution in [2.24, 2.45) is 0 Å². The van der Waals surface area contributed by atoms with E-state index >= 15 is 0 Å². The zero-order chi connectivity index (χ0) is 16.4. The van der Waals surface area contributed by atoms with Crippen LogP contribution in [0.25, 0.3) is 0 Å². The van der Waals surface area contributed by atoms with E-state index in [-0.39, 0.29) is 11.9 Å². The highest BCUT2D eigenvalue weighted by Gasteiger charge is 2.32. The summed E-state index contributed by atoms with van der Waals surface area (Å²) in [5, 5.41) is 11.3. The number of rotatable bonds is 3. The van der Waals surface area contributed by atoms with Crippen LogP contribution in [0, 0.1) is 0 Å². The number of likely N-dealkylation sites (tertiary alicyclic amines) is 1. The molecule has 1 aliphatic heterocycles. The Balaban J connectivity index is 1.52. The standard InChI is InChI=1S/C17H23N5O2/c23-17(14-10-13(19-20-14)12-6-2-1-3-7-12)22-9-5-4-8-15(22)16-18-11-24-21-16/h10-12,15H,1-9H2,(H,19,20). The minimum absolute atomic E-state index is 0.0391. The molecule has 0 bridgehead atoms. The molecule has 0 radical (unpaired) electrons. The quantitative estimate of drug-likeness (QED) is 0.934. The lowest BCUT2D eigenvalue weighted by atomic mass is 9.87. The van der Waals surface area contributed by atoms with Crippen LogP contribution in [0.1, 0.15) is 85.3 Å². The lowest BCUT2D eigenvalue weighted by molar-refractivity contribution is 0.0590. The number of hydrogen-bond acceptors (Lipinski definition) is 5. The van der Waals surface area contributed by atoms with Crippen LogP contribution in [-0.2, 0) is 0 Å². The van der Waals surface area contributed by atoms with Crippen LogP contribution >= 0.6 is 0 Å². The van der Waals surface area contributed by atoms with E-state index in [2.05, 4.69) is 20.3 Å². The third kappa shape index (κ3) is 2.95. The van der Waals surface area contributed by atoms with Crippen molar-refractivity contribution < 1.29 is 9.32 Å². The molecule has 24 heavy (non-hydrogen) atoms. The molecule has 1 aliphatic carbocycles. The van der Waals surface area contributed by atoms with Gasteiger partial charge in [-0.15, -0.1) is 0 Å². The van der Waals surface area contributed by atoms with Gasteiger partial charge in [0.05, 0.1) is 6.04 Å². The van der Waals surface area contributed by atoms with E-state index < -0.39 is 0 Å². The molecule has 1 amide bonds. The molecule has 2 aliphatic rings. The number of amides is 1. The number of hydrogen-bond donors (Lipinski definition) is 1. The summed E-state index contributed by atoms with van der Waals surface area (Å²) >= 11 is 0. The molecule has 7 nitrogen and oxygen atoms in total. The normalized spacial score (nSPS) is 22.7. The Morgan fingerprint density at radius 2 is 2.00 bits per heavy atom. The van der Waals surface area contributed by atoms with E-state index in [0.29, 0.717) is 24.0 Å². The second-order valence-electron chi connectivity index (χ2n) is 6.84. The highest BCUT2D eigenvalue weighted by atomic mass is 16.5. The van der Waals surface area contributed by atoms with Gasteiger partial charge in [0.25, 0.3) is 5.91 Å². The second kappa shape index (κ2) is 6.75. The van der Waals surface area contributed by atoms with Crippen LogP contribution in [0.2, 0.25) is 0 Å². The minimum atomic E-state index is -0.111. The van der Waals surface area contributed by atoms with Crippen molar-refractivity contribution in [1.82, 2.24) is 25.2 Å². The fourth-order valence-electron chi connectivity index (χ4n) is 3.98. The predicted molar refractivity (Wildman–Crippen MR) is 86.3 cm³/mol. The molecule has 0 aromatic carbocycles. The molecule has 1 unspecified atom stereocenters. The first kappa shape index (κ1) is 15.4. The summed E-state index contributed by atoms with van der Waals surface area (Å²) in [6.07, 6.45) is 10.5. The number of carbonyl (C=O) groups is 1. The monoisotopic (exact) mass is 329 g/mol. The molecule has 3 heterocycles. The van der Waals surface area contributed by atoms with Crippen molar-refractivity contribution in [2.75, 3.05) is 6.54 Å². The molecule has 1 atom stereocenters. The van der Waals surface area contributed by atoms with Gasteiger partial charge in [-0.3, -0.25) is 9.89 Å². The largest absolute Gasteiger partial charge is 0.343 e. The Kier molecular flexibility index (Phi) is 4.32. The number of piperidine rings is 1. The molecule has 1 saturated carbocycles. The molecular weight excluding hydrogens is 306 g/mol. The van der Waals surface area contributed by atoms with E-state index in [9.17, 15) is 4.79 Å². The van der Waals surface area contributed by atoms with Crippen LogP contribution in [0.5, 0.6) is 0 Å². The molecule has 2 aromatic rings. The SMILES string of the molecule is O=C(c1cc(C2CCCCC2)[nH]n1)N1CCCCC1c1ncon1. The molecule has 4 rings (SSSR count). The van der Waals surface area contributed by atoms with Crippen molar-refractivity contribution in [3.63, 3.8) is 0 Å². The Bertz CT molecular complexity index is 675. The average molecular weight is 329 g/mol. The van der Waals surface area contributed by atoms with Crippen LogP contribution in [0.4, 0.5) is 0 Å². The maximum absolute atomic E-state index is 13.0. The van der Waals surface area contributed by atoms with Gasteiger partial charge in [0, 0.05) is 18.2 Å². The maximum Gasteiger partial charge on any atom is 0.274 e. The number of H-pyrrole nitrogens is 1. The van der Waals surface area contributed by atoms with Gasteiger partial charge < -0.3 is 9.42 Å². The summed E-state index contributed by atoms with van der Waals surface area (Å²) in [5.41, 5.74) is 1.61. The third-order valence-corrected chi connectivity index (χ3v) is 5.30. The first-order valence-corrected chi connectivity index (χ1v) is 8.95. The van der Waals surface area contributed by atoms with Gasteiger partial charge in [-0.25, -0.2) is 0 Å². The molecule has 2 aromatic heterocycles. The van der Waals surface area contributed by atoms with Crippen molar-refractivity contribution in [3.05, 3.63) is 29.7 Å². The zero-order valence-corrected chi connectivity index (χ0v) is 13.8. The lowest BCUT2D eigenvalue weighted by Gasteiger charge is -2.33. The van der Waals surface area contributed by atoms with E-state index in [1.165, 1.54) is 38.5 Å². The fraction of sp³-hybridized carbons (Fsp3) is 0.647. The molecule has 2 fully saturated rings. The highest BCUT2D eigenvalue weighted by molar-refractivity contribution is 5.92. The highest BCUT2D eigenvalue weighted by Crippen LogP contribution is 2.33. The van der Waals surface area contributed by atoms with Gasteiger partial charge in [0.1, 0.15) is 5.69 Å². The van der Waals surface area contributed by atoms with Gasteiger partial charge in [0.15, 0.2) is 5.82 Å². The molecule has 1 saturated heterocycles. The van der Waals surface area contributed by atoms with Crippen LogP contribution < -0.4 is 0 Å². The Morgan fingerprint density at radius 1 is 1.17 bits per heavy atom. The van der Waals surface area contributed by atoms with Crippen molar-refractivity contribution >= 4 is 5.91 Å². The number of carbonyl (C=O) groups excluding carboxylic acids is 1. The van der Waals surface area contributed by atoms with Gasteiger partial charge in [-0.1, -0.05) is 24.4 Å². The van der Waals surface area contributed by atoms with Crippen LogP contribution in [-0.4, -0.2) is 37.7 Å². The van der Waals surface area contributed by atoms with E-state index in [1.54, 1.807) is 0 Å². The summed E-state index contributed by atoms with van der Waals surface area (Å²) in [4.78, 5) is 18.9.